The van der Waals surface area contributed by atoms with Crippen LogP contribution in [0.4, 0.5) is 0 Å². The van der Waals surface area contributed by atoms with Crippen LogP contribution in [-0.4, -0.2) is 24.5 Å². The van der Waals surface area contributed by atoms with Crippen LogP contribution in [-0.2, 0) is 0 Å². The molecule has 1 saturated heterocycles. The van der Waals surface area contributed by atoms with Crippen molar-refractivity contribution in [3.63, 3.8) is 0 Å². The maximum Gasteiger partial charge on any atom is 0.000702 e. The van der Waals surface area contributed by atoms with Gasteiger partial charge in [0.05, 0.1) is 0 Å². The van der Waals surface area contributed by atoms with Gasteiger partial charge < -0.3 is 4.90 Å². The molecule has 2 unspecified atom stereocenters. The summed E-state index contributed by atoms with van der Waals surface area (Å²) in [6.45, 7) is 11.1. The molecule has 1 aliphatic heterocycles. The molecule has 1 heteroatoms. The second-order valence-electron chi connectivity index (χ2n) is 5.20. The Kier molecular flexibility index (Phi) is 5.54. The number of likely N-dealkylation sites (tertiary alicyclic amines) is 1. The quantitative estimate of drug-likeness (QED) is 0.629. The first kappa shape index (κ1) is 12.0. The zero-order valence-electron chi connectivity index (χ0n) is 10.3. The van der Waals surface area contributed by atoms with Gasteiger partial charge in [-0.05, 0) is 44.2 Å². The third kappa shape index (κ3) is 4.45. The number of rotatable bonds is 6. The van der Waals surface area contributed by atoms with E-state index >= 15 is 0 Å². The molecule has 0 spiro atoms. The maximum absolute atomic E-state index is 2.64. The van der Waals surface area contributed by atoms with Crippen molar-refractivity contribution in [2.24, 2.45) is 11.8 Å². The average molecular weight is 197 g/mol. The van der Waals surface area contributed by atoms with Crippen molar-refractivity contribution in [1.29, 1.82) is 0 Å². The highest BCUT2D eigenvalue weighted by molar-refractivity contribution is 4.69. The molecule has 0 aliphatic carbocycles. The molecule has 0 saturated carbocycles. The summed E-state index contributed by atoms with van der Waals surface area (Å²) in [4.78, 5) is 2.64. The van der Waals surface area contributed by atoms with E-state index in [1.165, 1.54) is 51.7 Å². The maximum atomic E-state index is 2.64. The largest absolute Gasteiger partial charge is 0.303 e. The fourth-order valence-corrected chi connectivity index (χ4v) is 2.27. The Labute approximate surface area is 89.9 Å². The van der Waals surface area contributed by atoms with E-state index in [1.54, 1.807) is 0 Å². The highest BCUT2D eigenvalue weighted by atomic mass is 15.1. The van der Waals surface area contributed by atoms with Gasteiger partial charge in [0.15, 0.2) is 0 Å². The van der Waals surface area contributed by atoms with Crippen LogP contribution in [0.1, 0.15) is 52.9 Å². The van der Waals surface area contributed by atoms with E-state index in [-0.39, 0.29) is 0 Å². The van der Waals surface area contributed by atoms with Crippen LogP contribution in [0.5, 0.6) is 0 Å². The van der Waals surface area contributed by atoms with Crippen molar-refractivity contribution in [3.8, 4) is 0 Å². The predicted molar refractivity (Wildman–Crippen MR) is 63.5 cm³/mol. The molecule has 1 rings (SSSR count). The van der Waals surface area contributed by atoms with E-state index in [2.05, 4.69) is 25.7 Å². The number of hydrogen-bond donors (Lipinski definition) is 0. The summed E-state index contributed by atoms with van der Waals surface area (Å²) >= 11 is 0. The van der Waals surface area contributed by atoms with E-state index in [4.69, 9.17) is 0 Å². The zero-order chi connectivity index (χ0) is 10.4. The molecule has 0 bridgehead atoms. The predicted octanol–water partition coefficient (Wildman–Crippen LogP) is 3.54. The van der Waals surface area contributed by atoms with E-state index < -0.39 is 0 Å². The molecule has 1 nitrogen and oxygen atoms in total. The van der Waals surface area contributed by atoms with Gasteiger partial charge in [0.2, 0.25) is 0 Å². The highest BCUT2D eigenvalue weighted by Gasteiger charge is 2.14. The van der Waals surface area contributed by atoms with E-state index in [0.29, 0.717) is 0 Å². The van der Waals surface area contributed by atoms with Crippen LogP contribution in [0, 0.1) is 11.8 Å². The first-order valence-corrected chi connectivity index (χ1v) is 6.44. The van der Waals surface area contributed by atoms with Gasteiger partial charge >= 0.3 is 0 Å². The molecule has 0 amide bonds. The van der Waals surface area contributed by atoms with E-state index in [9.17, 15) is 0 Å². The first-order chi connectivity index (χ1) is 6.72. The van der Waals surface area contributed by atoms with Crippen molar-refractivity contribution in [3.05, 3.63) is 0 Å². The summed E-state index contributed by atoms with van der Waals surface area (Å²) < 4.78 is 0. The van der Waals surface area contributed by atoms with Gasteiger partial charge in [-0.2, -0.15) is 0 Å². The summed E-state index contributed by atoms with van der Waals surface area (Å²) in [5.74, 6) is 1.83. The molecular weight excluding hydrogens is 170 g/mol. The molecular formula is C13H27N. The Morgan fingerprint density at radius 1 is 1.00 bits per heavy atom. The lowest BCUT2D eigenvalue weighted by Gasteiger charge is -2.21. The van der Waals surface area contributed by atoms with Gasteiger partial charge in [0.25, 0.3) is 0 Å². The van der Waals surface area contributed by atoms with Gasteiger partial charge in [-0.25, -0.2) is 0 Å². The summed E-state index contributed by atoms with van der Waals surface area (Å²) in [7, 11) is 0. The summed E-state index contributed by atoms with van der Waals surface area (Å²) in [5, 5.41) is 0. The van der Waals surface area contributed by atoms with Crippen molar-refractivity contribution < 1.29 is 0 Å². The van der Waals surface area contributed by atoms with Crippen LogP contribution in [0.3, 0.4) is 0 Å². The van der Waals surface area contributed by atoms with Crippen LogP contribution in [0.15, 0.2) is 0 Å². The Balaban J connectivity index is 2.05. The topological polar surface area (TPSA) is 3.24 Å². The molecule has 0 N–H and O–H groups in total. The molecule has 0 radical (unpaired) electrons. The minimum atomic E-state index is 0.905. The van der Waals surface area contributed by atoms with Crippen molar-refractivity contribution in [2.75, 3.05) is 19.6 Å². The molecule has 1 fully saturated rings. The van der Waals surface area contributed by atoms with Crippen LogP contribution < -0.4 is 0 Å². The Morgan fingerprint density at radius 3 is 2.14 bits per heavy atom. The normalized spacial score (nSPS) is 22.5. The van der Waals surface area contributed by atoms with Gasteiger partial charge in [0.1, 0.15) is 0 Å². The lowest BCUT2D eigenvalue weighted by Crippen LogP contribution is -2.25. The fourth-order valence-electron chi connectivity index (χ4n) is 2.27. The average Bonchev–Trinajstić information content (AvgIpc) is 2.66. The van der Waals surface area contributed by atoms with Crippen LogP contribution in [0.2, 0.25) is 0 Å². The van der Waals surface area contributed by atoms with Crippen LogP contribution >= 0.6 is 0 Å². The van der Waals surface area contributed by atoms with Gasteiger partial charge in [0, 0.05) is 6.54 Å². The zero-order valence-corrected chi connectivity index (χ0v) is 10.3. The number of hydrogen-bond acceptors (Lipinski definition) is 1. The van der Waals surface area contributed by atoms with Gasteiger partial charge in [-0.1, -0.05) is 33.6 Å². The third-order valence-corrected chi connectivity index (χ3v) is 3.62. The fraction of sp³-hybridized carbons (Fsp3) is 1.00. The third-order valence-electron chi connectivity index (χ3n) is 3.62. The monoisotopic (exact) mass is 197 g/mol. The highest BCUT2D eigenvalue weighted by Crippen LogP contribution is 2.17. The minimum absolute atomic E-state index is 0.905. The van der Waals surface area contributed by atoms with Crippen LogP contribution in [0.25, 0.3) is 0 Å². The molecule has 84 valence electrons. The second-order valence-corrected chi connectivity index (χ2v) is 5.20. The molecule has 14 heavy (non-hydrogen) atoms. The molecule has 0 aromatic heterocycles. The molecule has 2 atom stereocenters. The Bertz CT molecular complexity index is 138. The minimum Gasteiger partial charge on any atom is -0.303 e. The molecule has 0 aromatic rings. The second kappa shape index (κ2) is 6.44. The van der Waals surface area contributed by atoms with Crippen molar-refractivity contribution >= 4 is 0 Å². The SMILES string of the molecule is CCC(C)CCC(C)CN1CCCC1. The smallest absolute Gasteiger partial charge is 0.000702 e. The molecule has 0 aromatic carbocycles. The van der Waals surface area contributed by atoms with Gasteiger partial charge in [-0.3, -0.25) is 0 Å². The number of nitrogens with zero attached hydrogens (tertiary/aromatic N) is 1. The Morgan fingerprint density at radius 2 is 1.57 bits per heavy atom. The summed E-state index contributed by atoms with van der Waals surface area (Å²) in [6, 6.07) is 0. The van der Waals surface area contributed by atoms with E-state index in [1.807, 2.05) is 0 Å². The summed E-state index contributed by atoms with van der Waals surface area (Å²) in [6.07, 6.45) is 7.05. The lowest BCUT2D eigenvalue weighted by molar-refractivity contribution is 0.269. The standard InChI is InChI=1S/C13H27N/c1-4-12(2)7-8-13(3)11-14-9-5-6-10-14/h12-13H,4-11H2,1-3H3. The lowest BCUT2D eigenvalue weighted by atomic mass is 9.96. The molecule has 1 aliphatic rings. The van der Waals surface area contributed by atoms with E-state index in [0.717, 1.165) is 11.8 Å². The Hall–Kier alpha value is -0.0400. The molecule has 1 heterocycles. The van der Waals surface area contributed by atoms with Gasteiger partial charge in [-0.15, -0.1) is 0 Å². The van der Waals surface area contributed by atoms with Crippen molar-refractivity contribution in [1.82, 2.24) is 4.90 Å². The van der Waals surface area contributed by atoms with Crippen molar-refractivity contribution in [2.45, 2.75) is 52.9 Å². The summed E-state index contributed by atoms with van der Waals surface area (Å²) in [5.41, 5.74) is 0. The first-order valence-electron chi connectivity index (χ1n) is 6.44.